The number of amides is 2. The molecule has 0 spiro atoms. The van der Waals surface area contributed by atoms with Crippen LogP contribution in [-0.2, 0) is 4.74 Å². The number of hydrogen-bond acceptors (Lipinski definition) is 4. The zero-order valence-electron chi connectivity index (χ0n) is 13.7. The van der Waals surface area contributed by atoms with E-state index in [1.54, 1.807) is 18.3 Å². The summed E-state index contributed by atoms with van der Waals surface area (Å²) in [5.41, 5.74) is 0. The molecule has 2 saturated heterocycles. The van der Waals surface area contributed by atoms with Crippen LogP contribution in [-0.4, -0.2) is 54.9 Å². The molecule has 1 aromatic rings. The quantitative estimate of drug-likeness (QED) is 0.904. The lowest BCUT2D eigenvalue weighted by atomic mass is 9.99. The van der Waals surface area contributed by atoms with Crippen molar-refractivity contribution < 1.29 is 14.3 Å². The number of carbonyl (C=O) groups excluding carboxylic acids is 1. The Morgan fingerprint density at radius 3 is 3.04 bits per heavy atom. The van der Waals surface area contributed by atoms with Gasteiger partial charge in [0.05, 0.1) is 6.61 Å². The first-order chi connectivity index (χ1) is 11.7. The van der Waals surface area contributed by atoms with Gasteiger partial charge in [-0.15, -0.1) is 0 Å². The van der Waals surface area contributed by atoms with E-state index in [1.807, 2.05) is 4.90 Å². The SMILES string of the molecule is O=C(NC1CCOCC1)N1CCCC(COc2ncccc2Cl)C1. The standard InChI is InChI=1S/C17H24ClN3O3/c18-15-4-1-7-19-16(15)24-12-13-3-2-8-21(11-13)17(22)20-14-5-9-23-10-6-14/h1,4,7,13-14H,2-3,5-6,8-12H2,(H,20,22). The Morgan fingerprint density at radius 1 is 1.42 bits per heavy atom. The third-order valence-corrected chi connectivity index (χ3v) is 4.82. The molecule has 3 heterocycles. The van der Waals surface area contributed by atoms with E-state index in [0.29, 0.717) is 30.0 Å². The molecular weight excluding hydrogens is 330 g/mol. The summed E-state index contributed by atoms with van der Waals surface area (Å²) >= 11 is 6.06. The van der Waals surface area contributed by atoms with Gasteiger partial charge < -0.3 is 19.7 Å². The normalized spacial score (nSPS) is 22.2. The van der Waals surface area contributed by atoms with Gasteiger partial charge in [0.1, 0.15) is 5.02 Å². The number of ether oxygens (including phenoxy) is 2. The molecule has 1 atom stereocenters. The Labute approximate surface area is 147 Å². The first-order valence-corrected chi connectivity index (χ1v) is 8.96. The highest BCUT2D eigenvalue weighted by Gasteiger charge is 2.26. The molecule has 24 heavy (non-hydrogen) atoms. The maximum absolute atomic E-state index is 12.4. The van der Waals surface area contributed by atoms with Gasteiger partial charge in [-0.05, 0) is 37.8 Å². The number of hydrogen-bond donors (Lipinski definition) is 1. The van der Waals surface area contributed by atoms with Crippen LogP contribution in [0.2, 0.25) is 5.02 Å². The minimum absolute atomic E-state index is 0.0301. The molecule has 7 heteroatoms. The van der Waals surface area contributed by atoms with Crippen LogP contribution >= 0.6 is 11.6 Å². The molecule has 6 nitrogen and oxygen atoms in total. The second-order valence-electron chi connectivity index (χ2n) is 6.39. The summed E-state index contributed by atoms with van der Waals surface area (Å²) in [7, 11) is 0. The highest BCUT2D eigenvalue weighted by atomic mass is 35.5. The van der Waals surface area contributed by atoms with Gasteiger partial charge in [-0.3, -0.25) is 0 Å². The van der Waals surface area contributed by atoms with Crippen LogP contribution in [0.4, 0.5) is 4.79 Å². The highest BCUT2D eigenvalue weighted by molar-refractivity contribution is 6.31. The number of piperidine rings is 1. The van der Waals surface area contributed by atoms with Crippen LogP contribution < -0.4 is 10.1 Å². The smallest absolute Gasteiger partial charge is 0.317 e. The number of aromatic nitrogens is 1. The van der Waals surface area contributed by atoms with Gasteiger partial charge in [-0.25, -0.2) is 9.78 Å². The molecule has 0 bridgehead atoms. The van der Waals surface area contributed by atoms with Crippen LogP contribution in [0.1, 0.15) is 25.7 Å². The van der Waals surface area contributed by atoms with Gasteiger partial charge in [0.15, 0.2) is 0 Å². The van der Waals surface area contributed by atoms with Crippen LogP contribution in [0.25, 0.3) is 0 Å². The van der Waals surface area contributed by atoms with E-state index in [1.165, 1.54) is 0 Å². The van der Waals surface area contributed by atoms with E-state index in [-0.39, 0.29) is 12.1 Å². The average Bonchev–Trinajstić information content (AvgIpc) is 2.62. The minimum atomic E-state index is 0.0301. The molecule has 0 aliphatic carbocycles. The van der Waals surface area contributed by atoms with E-state index in [0.717, 1.165) is 45.4 Å². The lowest BCUT2D eigenvalue weighted by Crippen LogP contribution is -2.50. The van der Waals surface area contributed by atoms with Crippen molar-refractivity contribution in [3.8, 4) is 5.88 Å². The number of pyridine rings is 1. The summed E-state index contributed by atoms with van der Waals surface area (Å²) in [5.74, 6) is 0.764. The third kappa shape index (κ3) is 4.74. The second-order valence-corrected chi connectivity index (χ2v) is 6.80. The fourth-order valence-electron chi connectivity index (χ4n) is 3.17. The van der Waals surface area contributed by atoms with Crippen molar-refractivity contribution in [2.75, 3.05) is 32.9 Å². The molecule has 0 aromatic carbocycles. The monoisotopic (exact) mass is 353 g/mol. The zero-order chi connectivity index (χ0) is 16.8. The van der Waals surface area contributed by atoms with Crippen molar-refractivity contribution in [1.82, 2.24) is 15.2 Å². The van der Waals surface area contributed by atoms with Crippen molar-refractivity contribution >= 4 is 17.6 Å². The minimum Gasteiger partial charge on any atom is -0.476 e. The van der Waals surface area contributed by atoms with E-state index in [9.17, 15) is 4.79 Å². The number of nitrogens with zero attached hydrogens (tertiary/aromatic N) is 2. The predicted octanol–water partition coefficient (Wildman–Crippen LogP) is 2.71. The van der Waals surface area contributed by atoms with Gasteiger partial charge in [0.2, 0.25) is 5.88 Å². The highest BCUT2D eigenvalue weighted by Crippen LogP contribution is 2.23. The number of rotatable bonds is 4. The predicted molar refractivity (Wildman–Crippen MR) is 91.4 cm³/mol. The Bertz CT molecular complexity index is 552. The summed E-state index contributed by atoms with van der Waals surface area (Å²) in [5, 5.41) is 3.64. The average molecular weight is 354 g/mol. The van der Waals surface area contributed by atoms with Gasteiger partial charge in [-0.1, -0.05) is 11.6 Å². The fraction of sp³-hybridized carbons (Fsp3) is 0.647. The Morgan fingerprint density at radius 2 is 2.25 bits per heavy atom. The largest absolute Gasteiger partial charge is 0.476 e. The molecule has 2 amide bonds. The van der Waals surface area contributed by atoms with Crippen LogP contribution in [0.3, 0.4) is 0 Å². The Kier molecular flexibility index (Phi) is 6.15. The maximum Gasteiger partial charge on any atom is 0.317 e. The fourth-order valence-corrected chi connectivity index (χ4v) is 3.34. The van der Waals surface area contributed by atoms with Crippen molar-refractivity contribution in [3.05, 3.63) is 23.4 Å². The number of halogens is 1. The molecule has 0 radical (unpaired) electrons. The molecule has 1 aromatic heterocycles. The molecule has 1 N–H and O–H groups in total. The Hall–Kier alpha value is -1.53. The lowest BCUT2D eigenvalue weighted by Gasteiger charge is -2.34. The van der Waals surface area contributed by atoms with Crippen LogP contribution in [0.15, 0.2) is 18.3 Å². The second kappa shape index (κ2) is 8.53. The molecular formula is C17H24ClN3O3. The van der Waals surface area contributed by atoms with Crippen molar-refractivity contribution in [1.29, 1.82) is 0 Å². The van der Waals surface area contributed by atoms with Crippen molar-refractivity contribution in [2.24, 2.45) is 5.92 Å². The first kappa shape index (κ1) is 17.3. The number of likely N-dealkylation sites (tertiary alicyclic amines) is 1. The van der Waals surface area contributed by atoms with E-state index in [4.69, 9.17) is 21.1 Å². The Balaban J connectivity index is 1.47. The zero-order valence-corrected chi connectivity index (χ0v) is 14.5. The van der Waals surface area contributed by atoms with Gasteiger partial charge in [0.25, 0.3) is 0 Å². The van der Waals surface area contributed by atoms with E-state index >= 15 is 0 Å². The first-order valence-electron chi connectivity index (χ1n) is 8.59. The summed E-state index contributed by atoms with van der Waals surface area (Å²) < 4.78 is 11.1. The van der Waals surface area contributed by atoms with Crippen molar-refractivity contribution in [2.45, 2.75) is 31.7 Å². The summed E-state index contributed by atoms with van der Waals surface area (Å²) in [6.07, 6.45) is 5.49. The molecule has 132 valence electrons. The van der Waals surface area contributed by atoms with Gasteiger partial charge in [-0.2, -0.15) is 0 Å². The van der Waals surface area contributed by atoms with Crippen molar-refractivity contribution in [3.63, 3.8) is 0 Å². The number of carbonyl (C=O) groups is 1. The summed E-state index contributed by atoms with van der Waals surface area (Å²) in [6, 6.07) is 3.80. The van der Waals surface area contributed by atoms with Crippen LogP contribution in [0, 0.1) is 5.92 Å². The number of nitrogens with one attached hydrogen (secondary N) is 1. The van der Waals surface area contributed by atoms with Crippen LogP contribution in [0.5, 0.6) is 5.88 Å². The topological polar surface area (TPSA) is 63.7 Å². The van der Waals surface area contributed by atoms with Gasteiger partial charge in [0, 0.05) is 44.5 Å². The van der Waals surface area contributed by atoms with E-state index in [2.05, 4.69) is 10.3 Å². The van der Waals surface area contributed by atoms with E-state index < -0.39 is 0 Å². The van der Waals surface area contributed by atoms with Gasteiger partial charge >= 0.3 is 6.03 Å². The summed E-state index contributed by atoms with van der Waals surface area (Å²) in [4.78, 5) is 18.5. The maximum atomic E-state index is 12.4. The molecule has 2 fully saturated rings. The molecule has 1 unspecified atom stereocenters. The molecule has 0 saturated carbocycles. The third-order valence-electron chi connectivity index (χ3n) is 4.54. The molecule has 2 aliphatic heterocycles. The molecule has 3 rings (SSSR count). The number of urea groups is 1. The lowest BCUT2D eigenvalue weighted by molar-refractivity contribution is 0.0759. The summed E-state index contributed by atoms with van der Waals surface area (Å²) in [6.45, 7) is 3.49. The molecule has 2 aliphatic rings.